The van der Waals surface area contributed by atoms with Gasteiger partial charge in [-0.2, -0.15) is 0 Å². The average Bonchev–Trinajstić information content (AvgIpc) is 2.81. The molecule has 1 fully saturated rings. The van der Waals surface area contributed by atoms with Crippen molar-refractivity contribution < 1.29 is 19.1 Å². The monoisotopic (exact) mass is 251 g/mol. The molecule has 0 radical (unpaired) electrons. The van der Waals surface area contributed by atoms with E-state index in [1.807, 2.05) is 0 Å². The van der Waals surface area contributed by atoms with E-state index in [0.29, 0.717) is 0 Å². The van der Waals surface area contributed by atoms with Crippen molar-refractivity contribution in [1.82, 2.24) is 0 Å². The molecule has 0 saturated heterocycles. The maximum absolute atomic E-state index is 13.4. The first-order valence-electron chi connectivity index (χ1n) is 5.92. The molecule has 96 valence electrons. The lowest BCUT2D eigenvalue weighted by Gasteiger charge is -2.12. The Morgan fingerprint density at radius 1 is 1.28 bits per heavy atom. The van der Waals surface area contributed by atoms with E-state index in [1.54, 1.807) is 0 Å². The summed E-state index contributed by atoms with van der Waals surface area (Å²) in [7, 11) is 0. The van der Waals surface area contributed by atoms with Crippen LogP contribution in [0.3, 0.4) is 0 Å². The van der Waals surface area contributed by atoms with Crippen LogP contribution in [0.2, 0.25) is 0 Å². The van der Waals surface area contributed by atoms with Crippen LogP contribution >= 0.6 is 0 Å². The van der Waals surface area contributed by atoms with Gasteiger partial charge in [-0.15, -0.1) is 0 Å². The molecule has 0 heterocycles. The topological polar surface area (TPSA) is 66.4 Å². The molecule has 1 aliphatic rings. The minimum atomic E-state index is -1.38. The van der Waals surface area contributed by atoms with Gasteiger partial charge in [0.1, 0.15) is 11.4 Å². The van der Waals surface area contributed by atoms with Crippen molar-refractivity contribution >= 4 is 17.6 Å². The molecule has 1 aliphatic carbocycles. The molecule has 1 aromatic carbocycles. The Morgan fingerprint density at radius 2 is 1.94 bits per heavy atom. The lowest BCUT2D eigenvalue weighted by atomic mass is 10.1. The standard InChI is InChI=1S/C13H14FNO3/c14-9-6-3-7-10(11(9)13(17)18)15-12(16)8-4-1-2-5-8/h3,6-8H,1-2,4-5H2,(H,15,16)(H,17,18). The Kier molecular flexibility index (Phi) is 3.60. The summed E-state index contributed by atoms with van der Waals surface area (Å²) in [4.78, 5) is 22.8. The number of nitrogens with one attached hydrogen (secondary N) is 1. The summed E-state index contributed by atoms with van der Waals surface area (Å²) in [6.45, 7) is 0. The molecule has 5 heteroatoms. The predicted octanol–water partition coefficient (Wildman–Crippen LogP) is 2.65. The van der Waals surface area contributed by atoms with Gasteiger partial charge in [-0.3, -0.25) is 4.79 Å². The summed E-state index contributed by atoms with van der Waals surface area (Å²) in [5.74, 6) is -2.53. The number of amides is 1. The third-order valence-electron chi connectivity index (χ3n) is 3.21. The number of carbonyl (C=O) groups is 2. The normalized spacial score (nSPS) is 15.6. The van der Waals surface area contributed by atoms with Gasteiger partial charge in [0, 0.05) is 5.92 Å². The average molecular weight is 251 g/mol. The van der Waals surface area contributed by atoms with Crippen molar-refractivity contribution in [2.24, 2.45) is 5.92 Å². The summed E-state index contributed by atoms with van der Waals surface area (Å²) in [5.41, 5.74) is -0.455. The number of halogens is 1. The third kappa shape index (κ3) is 2.50. The third-order valence-corrected chi connectivity index (χ3v) is 3.21. The van der Waals surface area contributed by atoms with Gasteiger partial charge in [0.2, 0.25) is 5.91 Å². The van der Waals surface area contributed by atoms with Gasteiger partial charge in [0.15, 0.2) is 0 Å². The molecular formula is C13H14FNO3. The highest BCUT2D eigenvalue weighted by Gasteiger charge is 2.24. The molecule has 1 amide bonds. The Morgan fingerprint density at radius 3 is 2.56 bits per heavy atom. The number of rotatable bonds is 3. The van der Waals surface area contributed by atoms with Crippen LogP contribution in [0.15, 0.2) is 18.2 Å². The molecular weight excluding hydrogens is 237 g/mol. The van der Waals surface area contributed by atoms with Crippen molar-refractivity contribution in [3.8, 4) is 0 Å². The molecule has 0 atom stereocenters. The molecule has 0 spiro atoms. The first-order chi connectivity index (χ1) is 8.59. The van der Waals surface area contributed by atoms with Gasteiger partial charge in [-0.05, 0) is 25.0 Å². The molecule has 0 unspecified atom stereocenters. The summed E-state index contributed by atoms with van der Waals surface area (Å²) in [6.07, 6.45) is 3.63. The van der Waals surface area contributed by atoms with Gasteiger partial charge in [0.05, 0.1) is 5.69 Å². The Bertz CT molecular complexity index is 481. The predicted molar refractivity (Wildman–Crippen MR) is 63.9 cm³/mol. The lowest BCUT2D eigenvalue weighted by Crippen LogP contribution is -2.22. The second-order valence-electron chi connectivity index (χ2n) is 4.44. The van der Waals surface area contributed by atoms with E-state index in [4.69, 9.17) is 5.11 Å². The number of benzene rings is 1. The molecule has 1 aromatic rings. The minimum Gasteiger partial charge on any atom is -0.478 e. The van der Waals surface area contributed by atoms with E-state index in [9.17, 15) is 14.0 Å². The van der Waals surface area contributed by atoms with Crippen LogP contribution in [0.25, 0.3) is 0 Å². The first-order valence-corrected chi connectivity index (χ1v) is 5.92. The SMILES string of the molecule is O=C(O)c1c(F)cccc1NC(=O)C1CCCC1. The van der Waals surface area contributed by atoms with E-state index in [-0.39, 0.29) is 17.5 Å². The lowest BCUT2D eigenvalue weighted by molar-refractivity contribution is -0.119. The quantitative estimate of drug-likeness (QED) is 0.867. The van der Waals surface area contributed by atoms with Crippen LogP contribution in [-0.4, -0.2) is 17.0 Å². The summed E-state index contributed by atoms with van der Waals surface area (Å²) < 4.78 is 13.4. The number of carboxylic acid groups (broad SMARTS) is 1. The van der Waals surface area contributed by atoms with Gasteiger partial charge >= 0.3 is 5.97 Å². The largest absolute Gasteiger partial charge is 0.478 e. The number of hydrogen-bond donors (Lipinski definition) is 2. The Hall–Kier alpha value is -1.91. The van der Waals surface area contributed by atoms with Gasteiger partial charge in [-0.1, -0.05) is 18.9 Å². The van der Waals surface area contributed by atoms with Crippen molar-refractivity contribution in [2.75, 3.05) is 5.32 Å². The molecule has 0 aromatic heterocycles. The van der Waals surface area contributed by atoms with Crippen molar-refractivity contribution in [1.29, 1.82) is 0 Å². The highest BCUT2D eigenvalue weighted by molar-refractivity contribution is 6.01. The van der Waals surface area contributed by atoms with E-state index < -0.39 is 17.3 Å². The first kappa shape index (κ1) is 12.5. The molecule has 18 heavy (non-hydrogen) atoms. The fourth-order valence-electron chi connectivity index (χ4n) is 2.27. The zero-order valence-corrected chi connectivity index (χ0v) is 9.78. The van der Waals surface area contributed by atoms with E-state index >= 15 is 0 Å². The van der Waals surface area contributed by atoms with Crippen LogP contribution in [0.5, 0.6) is 0 Å². The van der Waals surface area contributed by atoms with Crippen LogP contribution in [0, 0.1) is 11.7 Å². The van der Waals surface area contributed by atoms with Crippen molar-refractivity contribution in [3.63, 3.8) is 0 Å². The van der Waals surface area contributed by atoms with Gasteiger partial charge < -0.3 is 10.4 Å². The fourth-order valence-corrected chi connectivity index (χ4v) is 2.27. The zero-order chi connectivity index (χ0) is 13.1. The zero-order valence-electron chi connectivity index (χ0n) is 9.78. The Labute approximate surface area is 104 Å². The Balaban J connectivity index is 2.20. The second-order valence-corrected chi connectivity index (χ2v) is 4.44. The minimum absolute atomic E-state index is 0.0272. The fraction of sp³-hybridized carbons (Fsp3) is 0.385. The second kappa shape index (κ2) is 5.16. The van der Waals surface area contributed by atoms with Crippen LogP contribution in [-0.2, 0) is 4.79 Å². The molecule has 0 aliphatic heterocycles. The van der Waals surface area contributed by atoms with Crippen LogP contribution < -0.4 is 5.32 Å². The summed E-state index contributed by atoms with van der Waals surface area (Å²) in [5, 5.41) is 11.4. The highest BCUT2D eigenvalue weighted by atomic mass is 19.1. The van der Waals surface area contributed by atoms with Crippen molar-refractivity contribution in [2.45, 2.75) is 25.7 Å². The van der Waals surface area contributed by atoms with Crippen LogP contribution in [0.4, 0.5) is 10.1 Å². The van der Waals surface area contributed by atoms with Crippen LogP contribution in [0.1, 0.15) is 36.0 Å². The molecule has 1 saturated carbocycles. The van der Waals surface area contributed by atoms with E-state index in [2.05, 4.69) is 5.32 Å². The molecule has 2 N–H and O–H groups in total. The van der Waals surface area contributed by atoms with Crippen molar-refractivity contribution in [3.05, 3.63) is 29.6 Å². The molecule has 2 rings (SSSR count). The summed E-state index contributed by atoms with van der Waals surface area (Å²) >= 11 is 0. The number of anilines is 1. The molecule has 0 bridgehead atoms. The van der Waals surface area contributed by atoms with Gasteiger partial charge in [0.25, 0.3) is 0 Å². The number of hydrogen-bond acceptors (Lipinski definition) is 2. The number of carboxylic acids is 1. The number of aromatic carboxylic acids is 1. The van der Waals surface area contributed by atoms with E-state index in [1.165, 1.54) is 12.1 Å². The maximum atomic E-state index is 13.4. The highest BCUT2D eigenvalue weighted by Crippen LogP contribution is 2.27. The van der Waals surface area contributed by atoms with Gasteiger partial charge in [-0.25, -0.2) is 9.18 Å². The summed E-state index contributed by atoms with van der Waals surface area (Å²) in [6, 6.07) is 3.85. The smallest absolute Gasteiger partial charge is 0.340 e. The van der Waals surface area contributed by atoms with E-state index in [0.717, 1.165) is 31.7 Å². The maximum Gasteiger partial charge on any atom is 0.340 e. The number of carbonyl (C=O) groups excluding carboxylic acids is 1. The molecule has 4 nitrogen and oxygen atoms in total.